The molecule has 0 radical (unpaired) electrons. The zero-order valence-electron chi connectivity index (χ0n) is 19.4. The number of benzene rings is 1. The van der Waals surface area contributed by atoms with Gasteiger partial charge >= 0.3 is 0 Å². The predicted octanol–water partition coefficient (Wildman–Crippen LogP) is 5.10. The largest absolute Gasteiger partial charge is 0.337 e. The number of likely N-dealkylation sites (tertiary alicyclic amines) is 1. The van der Waals surface area contributed by atoms with Gasteiger partial charge in [0.15, 0.2) is 0 Å². The molecule has 1 saturated heterocycles. The van der Waals surface area contributed by atoms with Gasteiger partial charge in [-0.15, -0.1) is 11.3 Å². The fourth-order valence-corrected chi connectivity index (χ4v) is 5.36. The van der Waals surface area contributed by atoms with Crippen LogP contribution in [-0.4, -0.2) is 39.8 Å². The van der Waals surface area contributed by atoms with E-state index < -0.39 is 0 Å². The first-order valence-electron chi connectivity index (χ1n) is 11.1. The molecule has 1 aliphatic rings. The average Bonchev–Trinajstić information content (AvgIpc) is 3.10. The number of fused-ring (bicyclic) bond motifs is 1. The summed E-state index contributed by atoms with van der Waals surface area (Å²) < 4.78 is 0. The minimum Gasteiger partial charge on any atom is -0.337 e. The molecule has 0 bridgehead atoms. The Hall–Kier alpha value is -2.80. The van der Waals surface area contributed by atoms with Crippen molar-refractivity contribution in [1.29, 1.82) is 0 Å². The Balaban J connectivity index is 1.56. The number of anilines is 1. The van der Waals surface area contributed by atoms with E-state index in [1.54, 1.807) is 0 Å². The van der Waals surface area contributed by atoms with Crippen molar-refractivity contribution in [2.75, 3.05) is 18.4 Å². The number of piperidine rings is 1. The van der Waals surface area contributed by atoms with Gasteiger partial charge in [-0.1, -0.05) is 39.0 Å². The second kappa shape index (κ2) is 8.62. The summed E-state index contributed by atoms with van der Waals surface area (Å²) >= 11 is 1.44. The second-order valence-electron chi connectivity index (χ2n) is 9.56. The number of carbonyl (C=O) groups excluding carboxylic acids is 2. The minimum absolute atomic E-state index is 0.0144. The van der Waals surface area contributed by atoms with Crippen molar-refractivity contribution in [1.82, 2.24) is 14.9 Å². The van der Waals surface area contributed by atoms with Gasteiger partial charge in [0.05, 0.1) is 16.5 Å². The Morgan fingerprint density at radius 3 is 2.53 bits per heavy atom. The monoisotopic (exact) mass is 450 g/mol. The van der Waals surface area contributed by atoms with Gasteiger partial charge in [0, 0.05) is 29.6 Å². The highest BCUT2D eigenvalue weighted by atomic mass is 32.1. The van der Waals surface area contributed by atoms with Gasteiger partial charge in [0.1, 0.15) is 10.7 Å². The fourth-order valence-electron chi connectivity index (χ4n) is 4.16. The van der Waals surface area contributed by atoms with Crippen LogP contribution in [0.1, 0.15) is 60.4 Å². The lowest BCUT2D eigenvalue weighted by Crippen LogP contribution is -2.43. The highest BCUT2D eigenvalue weighted by Crippen LogP contribution is 2.34. The number of aromatic nitrogens is 2. The predicted molar refractivity (Wildman–Crippen MR) is 129 cm³/mol. The number of rotatable bonds is 3. The molecule has 6 nitrogen and oxygen atoms in total. The molecule has 32 heavy (non-hydrogen) atoms. The van der Waals surface area contributed by atoms with E-state index in [1.165, 1.54) is 11.3 Å². The Kier molecular flexibility index (Phi) is 6.03. The first-order chi connectivity index (χ1) is 15.1. The van der Waals surface area contributed by atoms with Crippen LogP contribution in [0.3, 0.4) is 0 Å². The molecule has 1 fully saturated rings. The first kappa shape index (κ1) is 22.4. The Bertz CT molecular complexity index is 1160. The lowest BCUT2D eigenvalue weighted by molar-refractivity contribution is -0.121. The first-order valence-corrected chi connectivity index (χ1v) is 11.9. The van der Waals surface area contributed by atoms with Gasteiger partial charge < -0.3 is 10.2 Å². The van der Waals surface area contributed by atoms with Crippen LogP contribution in [0.2, 0.25) is 0 Å². The van der Waals surface area contributed by atoms with E-state index in [0.717, 1.165) is 45.8 Å². The van der Waals surface area contributed by atoms with E-state index >= 15 is 0 Å². The van der Waals surface area contributed by atoms with E-state index in [4.69, 9.17) is 9.97 Å². The molecule has 2 amide bonds. The third-order valence-electron chi connectivity index (χ3n) is 5.96. The molecule has 3 heterocycles. The lowest BCUT2D eigenvalue weighted by Gasteiger charge is -2.32. The number of para-hydroxylation sites is 1. The van der Waals surface area contributed by atoms with Gasteiger partial charge in [-0.05, 0) is 44.4 Å². The summed E-state index contributed by atoms with van der Waals surface area (Å²) in [5.41, 5.74) is 2.47. The van der Waals surface area contributed by atoms with Crippen LogP contribution >= 0.6 is 11.3 Å². The van der Waals surface area contributed by atoms with Crippen molar-refractivity contribution in [3.05, 3.63) is 52.3 Å². The molecule has 0 aliphatic carbocycles. The number of carbonyl (C=O) groups is 2. The normalized spacial score (nSPS) is 16.9. The summed E-state index contributed by atoms with van der Waals surface area (Å²) in [5, 5.41) is 3.95. The number of hydrogen-bond donors (Lipinski definition) is 1. The summed E-state index contributed by atoms with van der Waals surface area (Å²) in [6.45, 7) is 11.3. The van der Waals surface area contributed by atoms with E-state index in [9.17, 15) is 9.59 Å². The van der Waals surface area contributed by atoms with Crippen molar-refractivity contribution < 1.29 is 9.59 Å². The van der Waals surface area contributed by atoms with Crippen LogP contribution in [0.25, 0.3) is 10.2 Å². The summed E-state index contributed by atoms with van der Waals surface area (Å²) in [5.74, 6) is 0.535. The molecule has 1 aromatic carbocycles. The molecule has 3 aromatic rings. The maximum atomic E-state index is 13.5. The number of thiophene rings is 1. The molecule has 0 spiro atoms. The van der Waals surface area contributed by atoms with E-state index in [2.05, 4.69) is 26.1 Å². The minimum atomic E-state index is -0.211. The van der Waals surface area contributed by atoms with E-state index in [0.29, 0.717) is 18.0 Å². The summed E-state index contributed by atoms with van der Waals surface area (Å²) in [6, 6.07) is 9.46. The Labute approximate surface area is 193 Å². The third-order valence-corrected chi connectivity index (χ3v) is 7.13. The average molecular weight is 451 g/mol. The summed E-state index contributed by atoms with van der Waals surface area (Å²) in [7, 11) is 0. The molecule has 0 saturated carbocycles. The number of amides is 2. The van der Waals surface area contributed by atoms with Crippen molar-refractivity contribution >= 4 is 39.1 Å². The maximum absolute atomic E-state index is 13.5. The summed E-state index contributed by atoms with van der Waals surface area (Å²) in [4.78, 5) is 39.1. The van der Waals surface area contributed by atoms with Crippen LogP contribution in [0.4, 0.5) is 5.69 Å². The zero-order valence-corrected chi connectivity index (χ0v) is 20.2. The molecular weight excluding hydrogens is 420 g/mol. The van der Waals surface area contributed by atoms with Crippen molar-refractivity contribution in [2.24, 2.45) is 5.92 Å². The second-order valence-corrected chi connectivity index (χ2v) is 10.6. The molecule has 2 aromatic heterocycles. The Morgan fingerprint density at radius 1 is 1.12 bits per heavy atom. The smallest absolute Gasteiger partial charge is 0.264 e. The van der Waals surface area contributed by atoms with Gasteiger partial charge in [0.25, 0.3) is 5.91 Å². The Morgan fingerprint density at radius 2 is 1.84 bits per heavy atom. The highest BCUT2D eigenvalue weighted by Gasteiger charge is 2.31. The SMILES string of the molecule is Cc1nc(C(C)(C)C)nc2sc(C(=O)N3CCCC(C(=O)Nc4ccccc4)C3)c(C)c12. The zero-order chi connectivity index (χ0) is 23.0. The van der Waals surface area contributed by atoms with Crippen LogP contribution < -0.4 is 5.32 Å². The quantitative estimate of drug-likeness (QED) is 0.603. The number of nitrogens with one attached hydrogen (secondary N) is 1. The summed E-state index contributed by atoms with van der Waals surface area (Å²) in [6.07, 6.45) is 1.60. The maximum Gasteiger partial charge on any atom is 0.264 e. The highest BCUT2D eigenvalue weighted by molar-refractivity contribution is 7.20. The van der Waals surface area contributed by atoms with Crippen molar-refractivity contribution in [3.8, 4) is 0 Å². The van der Waals surface area contributed by atoms with E-state index in [1.807, 2.05) is 49.1 Å². The molecular formula is C25H30N4O2S. The topological polar surface area (TPSA) is 75.2 Å². The number of hydrogen-bond acceptors (Lipinski definition) is 5. The van der Waals surface area contributed by atoms with Crippen molar-refractivity contribution in [2.45, 2.75) is 52.9 Å². The molecule has 1 unspecified atom stereocenters. The lowest BCUT2D eigenvalue weighted by atomic mass is 9.95. The van der Waals surface area contributed by atoms with Gasteiger partial charge in [-0.2, -0.15) is 0 Å². The van der Waals surface area contributed by atoms with Gasteiger partial charge in [0.2, 0.25) is 5.91 Å². The van der Waals surface area contributed by atoms with E-state index in [-0.39, 0.29) is 23.1 Å². The van der Waals surface area contributed by atoms with Gasteiger partial charge in [-0.25, -0.2) is 9.97 Å². The molecule has 1 N–H and O–H groups in total. The molecule has 1 aliphatic heterocycles. The third kappa shape index (κ3) is 4.39. The van der Waals surface area contributed by atoms with Gasteiger partial charge in [-0.3, -0.25) is 9.59 Å². The molecule has 168 valence electrons. The number of nitrogens with zero attached hydrogens (tertiary/aromatic N) is 3. The number of aryl methyl sites for hydroxylation is 2. The van der Waals surface area contributed by atoms with Crippen LogP contribution in [0.5, 0.6) is 0 Å². The van der Waals surface area contributed by atoms with Crippen LogP contribution in [0.15, 0.2) is 30.3 Å². The van der Waals surface area contributed by atoms with Crippen molar-refractivity contribution in [3.63, 3.8) is 0 Å². The van der Waals surface area contributed by atoms with Crippen LogP contribution in [0, 0.1) is 19.8 Å². The fraction of sp³-hybridized carbons (Fsp3) is 0.440. The molecule has 7 heteroatoms. The van der Waals surface area contributed by atoms with Crippen LogP contribution in [-0.2, 0) is 10.2 Å². The molecule has 1 atom stereocenters. The standard InChI is InChI=1S/C25H30N4O2S/c1-15-19-16(2)26-24(25(3,4)5)28-22(19)32-20(15)23(31)29-13-9-10-17(14-29)21(30)27-18-11-7-6-8-12-18/h6-8,11-12,17H,9-10,13-14H2,1-5H3,(H,27,30). The molecule has 4 rings (SSSR count).